The molecule has 0 radical (unpaired) electrons. The van der Waals surface area contributed by atoms with Crippen LogP contribution in [0.25, 0.3) is 16.7 Å². The molecule has 32 heavy (non-hydrogen) atoms. The second kappa shape index (κ2) is 7.74. The number of halogens is 1. The molecule has 164 valence electrons. The smallest absolute Gasteiger partial charge is 0.349 e. The molecule has 0 saturated heterocycles. The van der Waals surface area contributed by atoms with E-state index in [2.05, 4.69) is 10.4 Å². The molecule has 1 aliphatic carbocycles. The second-order valence-corrected chi connectivity index (χ2v) is 8.25. The lowest BCUT2D eigenvalue weighted by molar-refractivity contribution is 0.0938. The van der Waals surface area contributed by atoms with Gasteiger partial charge in [-0.2, -0.15) is 0 Å². The zero-order chi connectivity index (χ0) is 22.4. The standard InChI is InChI=1S/C23H22FN5O3/c1-27-21(31)18-11-8-15(20(30)25-17-4-2-3-5-17)12-19(18)29-22(27)26-28(23(29)32)13-14-6-9-16(24)10-7-14/h6-12,17H,2-5,13H2,1H3,(H,25,30). The number of carbonyl (C=O) groups is 1. The van der Waals surface area contributed by atoms with Gasteiger partial charge in [0, 0.05) is 18.7 Å². The third-order valence-corrected chi connectivity index (χ3v) is 6.09. The fourth-order valence-corrected chi connectivity index (χ4v) is 4.34. The Morgan fingerprint density at radius 3 is 2.56 bits per heavy atom. The molecule has 2 aromatic carbocycles. The molecule has 0 bridgehead atoms. The van der Waals surface area contributed by atoms with Crippen LogP contribution in [0.5, 0.6) is 0 Å². The van der Waals surface area contributed by atoms with Crippen molar-refractivity contribution in [3.8, 4) is 0 Å². The van der Waals surface area contributed by atoms with Crippen LogP contribution in [0.15, 0.2) is 52.1 Å². The van der Waals surface area contributed by atoms with Crippen LogP contribution >= 0.6 is 0 Å². The van der Waals surface area contributed by atoms with E-state index in [9.17, 15) is 18.8 Å². The molecule has 2 aromatic heterocycles. The summed E-state index contributed by atoms with van der Waals surface area (Å²) in [6.45, 7) is 0.123. The van der Waals surface area contributed by atoms with Gasteiger partial charge in [-0.15, -0.1) is 5.10 Å². The van der Waals surface area contributed by atoms with Crippen LogP contribution in [0.4, 0.5) is 4.39 Å². The lowest BCUT2D eigenvalue weighted by atomic mass is 10.1. The van der Waals surface area contributed by atoms with E-state index in [1.165, 1.54) is 25.8 Å². The normalized spacial score (nSPS) is 14.4. The third kappa shape index (κ3) is 3.39. The van der Waals surface area contributed by atoms with Gasteiger partial charge in [0.15, 0.2) is 0 Å². The number of nitrogens with zero attached hydrogens (tertiary/aromatic N) is 4. The fraction of sp³-hybridized carbons (Fsp3) is 0.304. The Bertz CT molecular complexity index is 1460. The molecule has 1 saturated carbocycles. The van der Waals surface area contributed by atoms with E-state index in [4.69, 9.17) is 0 Å². The summed E-state index contributed by atoms with van der Waals surface area (Å²) in [5.74, 6) is -0.421. The van der Waals surface area contributed by atoms with Crippen molar-refractivity contribution in [2.45, 2.75) is 38.3 Å². The molecular weight excluding hydrogens is 413 g/mol. The number of fused-ring (bicyclic) bond motifs is 3. The van der Waals surface area contributed by atoms with Crippen LogP contribution in [0, 0.1) is 5.82 Å². The highest BCUT2D eigenvalue weighted by Gasteiger charge is 2.20. The molecular formula is C23H22FN5O3. The van der Waals surface area contributed by atoms with Crippen molar-refractivity contribution in [1.82, 2.24) is 24.1 Å². The maximum Gasteiger partial charge on any atom is 0.352 e. The average molecular weight is 435 g/mol. The van der Waals surface area contributed by atoms with Crippen LogP contribution < -0.4 is 16.6 Å². The van der Waals surface area contributed by atoms with Crippen LogP contribution in [0.1, 0.15) is 41.6 Å². The van der Waals surface area contributed by atoms with E-state index < -0.39 is 5.69 Å². The lowest BCUT2D eigenvalue weighted by Crippen LogP contribution is -2.32. The number of rotatable bonds is 4. The Labute approximate surface area is 181 Å². The quantitative estimate of drug-likeness (QED) is 0.532. The molecule has 0 aliphatic heterocycles. The minimum Gasteiger partial charge on any atom is -0.349 e. The fourth-order valence-electron chi connectivity index (χ4n) is 4.34. The predicted molar refractivity (Wildman–Crippen MR) is 117 cm³/mol. The van der Waals surface area contributed by atoms with Gasteiger partial charge in [-0.25, -0.2) is 18.3 Å². The third-order valence-electron chi connectivity index (χ3n) is 6.09. The molecule has 1 aliphatic rings. The molecule has 0 unspecified atom stereocenters. The first-order chi connectivity index (χ1) is 15.4. The highest BCUT2D eigenvalue weighted by Crippen LogP contribution is 2.19. The highest BCUT2D eigenvalue weighted by molar-refractivity contribution is 5.98. The summed E-state index contributed by atoms with van der Waals surface area (Å²) in [5, 5.41) is 7.68. The van der Waals surface area contributed by atoms with E-state index >= 15 is 0 Å². The summed E-state index contributed by atoms with van der Waals surface area (Å²) in [4.78, 5) is 38.8. The van der Waals surface area contributed by atoms with Gasteiger partial charge in [0.05, 0.1) is 17.4 Å². The number of hydrogen-bond acceptors (Lipinski definition) is 4. The summed E-state index contributed by atoms with van der Waals surface area (Å²) in [5.41, 5.74) is 0.657. The number of amides is 1. The zero-order valence-electron chi connectivity index (χ0n) is 17.5. The predicted octanol–water partition coefficient (Wildman–Crippen LogP) is 2.21. The monoisotopic (exact) mass is 435 g/mol. The molecule has 0 atom stereocenters. The average Bonchev–Trinajstić information content (AvgIpc) is 3.41. The number of hydrogen-bond donors (Lipinski definition) is 1. The first kappa shape index (κ1) is 20.2. The largest absolute Gasteiger partial charge is 0.352 e. The topological polar surface area (TPSA) is 90.4 Å². The lowest BCUT2D eigenvalue weighted by Gasteiger charge is -2.12. The summed E-state index contributed by atoms with van der Waals surface area (Å²) in [6, 6.07) is 10.7. The minimum absolute atomic E-state index is 0.123. The zero-order valence-corrected chi connectivity index (χ0v) is 17.5. The van der Waals surface area contributed by atoms with Crippen molar-refractivity contribution in [1.29, 1.82) is 0 Å². The molecule has 4 aromatic rings. The van der Waals surface area contributed by atoms with E-state index in [0.717, 1.165) is 25.7 Å². The van der Waals surface area contributed by atoms with Gasteiger partial charge < -0.3 is 5.32 Å². The Balaban J connectivity index is 1.63. The molecule has 1 N–H and O–H groups in total. The highest BCUT2D eigenvalue weighted by atomic mass is 19.1. The summed E-state index contributed by atoms with van der Waals surface area (Å²) in [7, 11) is 1.55. The van der Waals surface area contributed by atoms with Crippen molar-refractivity contribution in [2.24, 2.45) is 7.05 Å². The van der Waals surface area contributed by atoms with Crippen molar-refractivity contribution in [3.63, 3.8) is 0 Å². The van der Waals surface area contributed by atoms with Crippen LogP contribution in [0.2, 0.25) is 0 Å². The van der Waals surface area contributed by atoms with Gasteiger partial charge in [0.2, 0.25) is 5.78 Å². The van der Waals surface area contributed by atoms with Crippen molar-refractivity contribution >= 4 is 22.6 Å². The van der Waals surface area contributed by atoms with Crippen molar-refractivity contribution < 1.29 is 9.18 Å². The number of benzene rings is 2. The summed E-state index contributed by atoms with van der Waals surface area (Å²) >= 11 is 0. The van der Waals surface area contributed by atoms with Crippen LogP contribution in [-0.4, -0.2) is 30.7 Å². The van der Waals surface area contributed by atoms with Gasteiger partial charge in [0.1, 0.15) is 5.82 Å². The number of aryl methyl sites for hydroxylation is 1. The van der Waals surface area contributed by atoms with Gasteiger partial charge in [-0.05, 0) is 48.7 Å². The molecule has 9 heteroatoms. The number of aromatic nitrogens is 4. The SMILES string of the molecule is Cn1c(=O)c2ccc(C(=O)NC3CCCC3)cc2n2c(=O)n(Cc3ccc(F)cc3)nc12. The molecule has 1 fully saturated rings. The number of carbonyl (C=O) groups excluding carboxylic acids is 1. The van der Waals surface area contributed by atoms with E-state index in [1.807, 2.05) is 0 Å². The van der Waals surface area contributed by atoms with Crippen molar-refractivity contribution in [3.05, 3.63) is 80.2 Å². The minimum atomic E-state index is -0.446. The van der Waals surface area contributed by atoms with Gasteiger partial charge in [0.25, 0.3) is 11.5 Å². The first-order valence-electron chi connectivity index (χ1n) is 10.6. The molecule has 1 amide bonds. The molecule has 8 nitrogen and oxygen atoms in total. The Kier molecular flexibility index (Phi) is 4.88. The first-order valence-corrected chi connectivity index (χ1v) is 10.6. The number of nitrogens with one attached hydrogen (secondary N) is 1. The van der Waals surface area contributed by atoms with Crippen LogP contribution in [0.3, 0.4) is 0 Å². The summed E-state index contributed by atoms with van der Waals surface area (Å²) in [6.07, 6.45) is 4.11. The van der Waals surface area contributed by atoms with Gasteiger partial charge in [-0.3, -0.25) is 14.2 Å². The van der Waals surface area contributed by atoms with Gasteiger partial charge >= 0.3 is 5.69 Å². The summed E-state index contributed by atoms with van der Waals surface area (Å²) < 4.78 is 17.1. The molecule has 2 heterocycles. The Morgan fingerprint density at radius 1 is 1.12 bits per heavy atom. The maximum absolute atomic E-state index is 13.2. The van der Waals surface area contributed by atoms with E-state index in [1.54, 1.807) is 37.4 Å². The van der Waals surface area contributed by atoms with E-state index in [-0.39, 0.29) is 35.6 Å². The Morgan fingerprint density at radius 2 is 1.84 bits per heavy atom. The van der Waals surface area contributed by atoms with Crippen LogP contribution in [-0.2, 0) is 13.6 Å². The molecule has 5 rings (SSSR count). The maximum atomic E-state index is 13.2. The molecule has 0 spiro atoms. The Hall–Kier alpha value is -3.75. The second-order valence-electron chi connectivity index (χ2n) is 8.25. The van der Waals surface area contributed by atoms with Crippen molar-refractivity contribution in [2.75, 3.05) is 0 Å². The van der Waals surface area contributed by atoms with E-state index in [0.29, 0.717) is 22.0 Å². The van der Waals surface area contributed by atoms with Gasteiger partial charge in [-0.1, -0.05) is 25.0 Å².